The maximum absolute atomic E-state index is 12.9. The summed E-state index contributed by atoms with van der Waals surface area (Å²) in [6, 6.07) is 1.81. The Kier molecular flexibility index (Phi) is 2.92. The van der Waals surface area contributed by atoms with Crippen molar-refractivity contribution in [2.75, 3.05) is 18.8 Å². The fourth-order valence-electron chi connectivity index (χ4n) is 4.77. The van der Waals surface area contributed by atoms with Gasteiger partial charge in [-0.15, -0.1) is 0 Å². The Balaban J connectivity index is 1.42. The first-order valence-electron chi connectivity index (χ1n) is 8.72. The maximum Gasteiger partial charge on any atom is 0.255 e. The van der Waals surface area contributed by atoms with E-state index in [0.29, 0.717) is 47.6 Å². The molecule has 0 radical (unpaired) electrons. The number of amides is 1. The molecule has 2 aromatic rings. The number of imidazole rings is 1. The number of rotatable bonds is 2. The number of hydrogen-bond donors (Lipinski definition) is 1. The number of carbonyl (C=O) groups excluding carboxylic acids is 1. The lowest BCUT2D eigenvalue weighted by atomic mass is 9.82. The fraction of sp³-hybridized carbons (Fsp3) is 0.588. The number of nitrogens with zero attached hydrogens (tertiary/aromatic N) is 4. The van der Waals surface area contributed by atoms with Crippen LogP contribution in [0.25, 0.3) is 11.2 Å². The van der Waals surface area contributed by atoms with Gasteiger partial charge in [-0.1, -0.05) is 0 Å². The lowest BCUT2D eigenvalue weighted by Crippen LogP contribution is -2.31. The van der Waals surface area contributed by atoms with Gasteiger partial charge in [-0.3, -0.25) is 9.36 Å². The molecule has 3 fully saturated rings. The first-order chi connectivity index (χ1) is 11.7. The van der Waals surface area contributed by atoms with Crippen LogP contribution >= 0.6 is 0 Å². The van der Waals surface area contributed by atoms with Gasteiger partial charge in [-0.2, -0.15) is 0 Å². The normalized spacial score (nSPS) is 31.1. The second-order valence-corrected chi connectivity index (χ2v) is 7.11. The molecule has 0 spiro atoms. The lowest BCUT2D eigenvalue weighted by molar-refractivity contribution is 0.0594. The summed E-state index contributed by atoms with van der Waals surface area (Å²) in [7, 11) is 0. The van der Waals surface area contributed by atoms with Gasteiger partial charge in [0.25, 0.3) is 5.91 Å². The molecule has 0 aliphatic carbocycles. The van der Waals surface area contributed by atoms with Crippen LogP contribution in [0.2, 0.25) is 0 Å². The van der Waals surface area contributed by atoms with E-state index >= 15 is 0 Å². The number of fused-ring (bicyclic) bond motifs is 6. The summed E-state index contributed by atoms with van der Waals surface area (Å²) in [5.41, 5.74) is 7.92. The number of hydrogen-bond acceptors (Lipinski definition) is 5. The summed E-state index contributed by atoms with van der Waals surface area (Å²) in [6.07, 6.45) is 4.67. The van der Waals surface area contributed by atoms with Gasteiger partial charge in [0, 0.05) is 37.7 Å². The Morgan fingerprint density at radius 2 is 2.04 bits per heavy atom. The van der Waals surface area contributed by atoms with Gasteiger partial charge in [-0.05, 0) is 25.8 Å². The molecule has 7 nitrogen and oxygen atoms in total. The average Bonchev–Trinajstić information content (AvgIpc) is 3.32. The standard InChI is InChI=1S/C17H21N5O2/c1-2-22-15-12(20-17(22)18)5-9(6-19-15)16(23)21-7-10-11(8-21)14-4-3-13(10)24-14/h5-6,10-11,13-14H,2-4,7-8H2,1H3,(H2,18,20)/t10-,11+,13+,14-. The smallest absolute Gasteiger partial charge is 0.255 e. The number of carbonyl (C=O) groups is 1. The number of nitrogens with two attached hydrogens (primary N) is 1. The highest BCUT2D eigenvalue weighted by Gasteiger charge is 2.53. The van der Waals surface area contributed by atoms with Crippen molar-refractivity contribution in [2.45, 2.75) is 38.5 Å². The van der Waals surface area contributed by atoms with Crippen LogP contribution in [0.3, 0.4) is 0 Å². The molecule has 2 aromatic heterocycles. The monoisotopic (exact) mass is 327 g/mol. The number of aromatic nitrogens is 3. The molecule has 3 aliphatic heterocycles. The Morgan fingerprint density at radius 3 is 2.71 bits per heavy atom. The van der Waals surface area contributed by atoms with Crippen molar-refractivity contribution in [2.24, 2.45) is 11.8 Å². The quantitative estimate of drug-likeness (QED) is 0.898. The Hall–Kier alpha value is -2.15. The molecule has 4 atom stereocenters. The Bertz CT molecular complexity index is 814. The van der Waals surface area contributed by atoms with Gasteiger partial charge in [0.15, 0.2) is 5.65 Å². The summed E-state index contributed by atoms with van der Waals surface area (Å²) in [6.45, 7) is 4.31. The van der Waals surface area contributed by atoms with Crippen molar-refractivity contribution < 1.29 is 9.53 Å². The van der Waals surface area contributed by atoms with Crippen LogP contribution in [0.1, 0.15) is 30.1 Å². The van der Waals surface area contributed by atoms with Gasteiger partial charge in [0.2, 0.25) is 5.95 Å². The lowest BCUT2D eigenvalue weighted by Gasteiger charge is -2.18. The van der Waals surface area contributed by atoms with Crippen molar-refractivity contribution in [3.63, 3.8) is 0 Å². The Morgan fingerprint density at radius 1 is 1.33 bits per heavy atom. The van der Waals surface area contributed by atoms with Crippen LogP contribution in [-0.4, -0.2) is 50.6 Å². The SMILES string of the molecule is CCn1c(N)nc2cc(C(=O)N3C[C@@H]4[C@H](C3)[C@H]3CC[C@@H]4O3)cnc21. The second-order valence-electron chi connectivity index (χ2n) is 7.11. The average molecular weight is 327 g/mol. The first-order valence-corrected chi connectivity index (χ1v) is 8.72. The minimum absolute atomic E-state index is 0.0443. The van der Waals surface area contributed by atoms with E-state index in [1.54, 1.807) is 6.20 Å². The molecule has 0 unspecified atom stereocenters. The highest BCUT2D eigenvalue weighted by atomic mass is 16.5. The summed E-state index contributed by atoms with van der Waals surface area (Å²) in [4.78, 5) is 23.6. The van der Waals surface area contributed by atoms with Crippen molar-refractivity contribution in [1.82, 2.24) is 19.4 Å². The Labute approximate surface area is 139 Å². The molecule has 0 aromatic carbocycles. The van der Waals surface area contributed by atoms with Crippen molar-refractivity contribution >= 4 is 23.0 Å². The number of nitrogen functional groups attached to an aromatic ring is 1. The third kappa shape index (κ3) is 1.84. The third-order valence-electron chi connectivity index (χ3n) is 5.92. The summed E-state index contributed by atoms with van der Waals surface area (Å²) in [5, 5.41) is 0. The molecule has 5 heterocycles. The van der Waals surface area contributed by atoms with Gasteiger partial charge in [-0.25, -0.2) is 9.97 Å². The van der Waals surface area contributed by atoms with Crippen LogP contribution in [0.15, 0.2) is 12.3 Å². The zero-order valence-corrected chi connectivity index (χ0v) is 13.7. The third-order valence-corrected chi connectivity index (χ3v) is 5.92. The van der Waals surface area contributed by atoms with E-state index in [2.05, 4.69) is 9.97 Å². The van der Waals surface area contributed by atoms with Gasteiger partial charge in [0.1, 0.15) is 5.52 Å². The largest absolute Gasteiger partial charge is 0.374 e. The predicted molar refractivity (Wildman–Crippen MR) is 88.4 cm³/mol. The molecular weight excluding hydrogens is 306 g/mol. The van der Waals surface area contributed by atoms with Gasteiger partial charge < -0.3 is 15.4 Å². The van der Waals surface area contributed by atoms with E-state index in [1.165, 1.54) is 0 Å². The topological polar surface area (TPSA) is 86.3 Å². The van der Waals surface area contributed by atoms with E-state index in [0.717, 1.165) is 31.6 Å². The van der Waals surface area contributed by atoms with Crippen molar-refractivity contribution in [3.05, 3.63) is 17.8 Å². The second kappa shape index (κ2) is 4.92. The maximum atomic E-state index is 12.9. The predicted octanol–water partition coefficient (Wildman–Crippen LogP) is 1.28. The molecule has 2 N–H and O–H groups in total. The van der Waals surface area contributed by atoms with Crippen LogP contribution in [0.4, 0.5) is 5.95 Å². The molecule has 3 saturated heterocycles. The molecule has 2 bridgehead atoms. The zero-order chi connectivity index (χ0) is 16.4. The molecule has 126 valence electrons. The highest BCUT2D eigenvalue weighted by molar-refractivity contribution is 5.96. The molecule has 3 aliphatic rings. The van der Waals surface area contributed by atoms with Gasteiger partial charge >= 0.3 is 0 Å². The van der Waals surface area contributed by atoms with E-state index in [4.69, 9.17) is 10.5 Å². The molecule has 5 rings (SSSR count). The highest BCUT2D eigenvalue weighted by Crippen LogP contribution is 2.47. The van der Waals surface area contributed by atoms with Crippen LogP contribution in [-0.2, 0) is 11.3 Å². The number of anilines is 1. The minimum Gasteiger partial charge on any atom is -0.374 e. The summed E-state index contributed by atoms with van der Waals surface area (Å²) < 4.78 is 7.83. The van der Waals surface area contributed by atoms with Crippen LogP contribution in [0.5, 0.6) is 0 Å². The summed E-state index contributed by atoms with van der Waals surface area (Å²) in [5.74, 6) is 1.51. The van der Waals surface area contributed by atoms with E-state index in [-0.39, 0.29) is 5.91 Å². The molecule has 7 heteroatoms. The molecule has 1 amide bonds. The van der Waals surface area contributed by atoms with Crippen molar-refractivity contribution in [3.8, 4) is 0 Å². The van der Waals surface area contributed by atoms with E-state index in [9.17, 15) is 4.79 Å². The molecule has 24 heavy (non-hydrogen) atoms. The molecule has 0 saturated carbocycles. The first kappa shape index (κ1) is 14.2. The summed E-state index contributed by atoms with van der Waals surface area (Å²) >= 11 is 0. The number of likely N-dealkylation sites (tertiary alicyclic amines) is 1. The van der Waals surface area contributed by atoms with Gasteiger partial charge in [0.05, 0.1) is 17.8 Å². The molecular formula is C17H21N5O2. The van der Waals surface area contributed by atoms with Crippen molar-refractivity contribution in [1.29, 1.82) is 0 Å². The van der Waals surface area contributed by atoms with Crippen LogP contribution in [0, 0.1) is 11.8 Å². The number of pyridine rings is 1. The zero-order valence-electron chi connectivity index (χ0n) is 13.7. The number of ether oxygens (including phenoxy) is 1. The minimum atomic E-state index is 0.0443. The van der Waals surface area contributed by atoms with E-state index in [1.807, 2.05) is 22.5 Å². The van der Waals surface area contributed by atoms with E-state index < -0.39 is 0 Å². The number of aryl methyl sites for hydroxylation is 1. The fourth-order valence-corrected chi connectivity index (χ4v) is 4.77. The van der Waals surface area contributed by atoms with Crippen LogP contribution < -0.4 is 5.73 Å².